The minimum atomic E-state index is -0.861. The molecule has 0 saturated carbocycles. The molecule has 152 valence electrons. The third-order valence-corrected chi connectivity index (χ3v) is 5.52. The maximum absolute atomic E-state index is 13.0. The Morgan fingerprint density at radius 2 is 2.04 bits per heavy atom. The zero-order valence-corrected chi connectivity index (χ0v) is 17.2. The number of carbonyl (C=O) groups is 2. The van der Waals surface area contributed by atoms with Crippen LogP contribution in [0.15, 0.2) is 18.3 Å². The van der Waals surface area contributed by atoms with E-state index in [0.717, 1.165) is 24.2 Å². The van der Waals surface area contributed by atoms with E-state index < -0.39 is 5.54 Å². The summed E-state index contributed by atoms with van der Waals surface area (Å²) in [5.74, 6) is -0.292. The molecule has 0 spiro atoms. The van der Waals surface area contributed by atoms with Gasteiger partial charge in [0.25, 0.3) is 5.91 Å². The highest BCUT2D eigenvalue weighted by Gasteiger charge is 2.44. The van der Waals surface area contributed by atoms with Gasteiger partial charge in [-0.3, -0.25) is 19.0 Å². The number of likely N-dealkylation sites (tertiary alicyclic amines) is 1. The Kier molecular flexibility index (Phi) is 5.86. The maximum Gasteiger partial charge on any atom is 0.275 e. The number of nitrogens with one attached hydrogen (secondary N) is 1. The predicted octanol–water partition coefficient (Wildman–Crippen LogP) is 1.92. The van der Waals surface area contributed by atoms with Crippen molar-refractivity contribution in [3.63, 3.8) is 0 Å². The number of nitrogens with zero attached hydrogens (tertiary/aromatic N) is 5. The third-order valence-electron chi connectivity index (χ3n) is 5.52. The minimum absolute atomic E-state index is 0.114. The molecular weight excluding hydrogens is 356 g/mol. The summed E-state index contributed by atoms with van der Waals surface area (Å²) in [5.41, 5.74) is 1.57. The largest absolute Gasteiger partial charge is 0.352 e. The van der Waals surface area contributed by atoms with Crippen molar-refractivity contribution in [2.45, 2.75) is 65.6 Å². The number of rotatable bonds is 6. The molecule has 0 bridgehead atoms. The van der Waals surface area contributed by atoms with Crippen LogP contribution in [0.2, 0.25) is 0 Å². The summed E-state index contributed by atoms with van der Waals surface area (Å²) in [6.07, 6.45) is 4.27. The lowest BCUT2D eigenvalue weighted by Gasteiger charge is -2.43. The summed E-state index contributed by atoms with van der Waals surface area (Å²) in [7, 11) is 0. The van der Waals surface area contributed by atoms with Gasteiger partial charge < -0.3 is 10.2 Å². The molecule has 0 aliphatic carbocycles. The molecular formula is C20H30N6O2. The van der Waals surface area contributed by atoms with Crippen LogP contribution in [0.25, 0.3) is 0 Å². The number of piperidine rings is 1. The zero-order chi connectivity index (χ0) is 20.3. The summed E-state index contributed by atoms with van der Waals surface area (Å²) in [6.45, 7) is 10.1. The first-order chi connectivity index (χ1) is 13.3. The van der Waals surface area contributed by atoms with Crippen LogP contribution >= 0.6 is 0 Å². The molecule has 28 heavy (non-hydrogen) atoms. The van der Waals surface area contributed by atoms with E-state index in [0.29, 0.717) is 38.3 Å². The Balaban J connectivity index is 1.68. The van der Waals surface area contributed by atoms with Crippen LogP contribution in [-0.4, -0.2) is 54.9 Å². The van der Waals surface area contributed by atoms with Crippen LogP contribution in [0.1, 0.15) is 55.0 Å². The fourth-order valence-corrected chi connectivity index (χ4v) is 3.84. The molecule has 1 saturated heterocycles. The minimum Gasteiger partial charge on any atom is -0.352 e. The van der Waals surface area contributed by atoms with E-state index in [1.54, 1.807) is 21.8 Å². The second-order valence-corrected chi connectivity index (χ2v) is 7.65. The molecule has 3 heterocycles. The van der Waals surface area contributed by atoms with Crippen LogP contribution in [0.4, 0.5) is 0 Å². The number of carbonyl (C=O) groups excluding carboxylic acids is 2. The summed E-state index contributed by atoms with van der Waals surface area (Å²) in [4.78, 5) is 27.8. The SMILES string of the molecule is CCn1ccc(C(=O)N2CCCC[C@@]2(C)C(=O)NCCn2nc(C)cc2C)n1. The van der Waals surface area contributed by atoms with Crippen LogP contribution < -0.4 is 5.32 Å². The Labute approximate surface area is 165 Å². The number of aryl methyl sites for hydroxylation is 3. The normalized spacial score (nSPS) is 19.6. The van der Waals surface area contributed by atoms with Gasteiger partial charge in [0.1, 0.15) is 11.2 Å². The van der Waals surface area contributed by atoms with Gasteiger partial charge in [-0.1, -0.05) is 0 Å². The summed E-state index contributed by atoms with van der Waals surface area (Å²) >= 11 is 0. The molecule has 2 aromatic rings. The Bertz CT molecular complexity index is 855. The van der Waals surface area contributed by atoms with Crippen molar-refractivity contribution in [2.75, 3.05) is 13.1 Å². The van der Waals surface area contributed by atoms with Gasteiger partial charge in [0.05, 0.1) is 12.2 Å². The molecule has 0 aromatic carbocycles. The van der Waals surface area contributed by atoms with Crippen molar-refractivity contribution in [1.82, 2.24) is 29.8 Å². The Hall–Kier alpha value is -2.64. The second-order valence-electron chi connectivity index (χ2n) is 7.65. The molecule has 1 atom stereocenters. The monoisotopic (exact) mass is 386 g/mol. The molecule has 2 amide bonds. The van der Waals surface area contributed by atoms with Crippen molar-refractivity contribution >= 4 is 11.8 Å². The molecule has 1 aliphatic rings. The van der Waals surface area contributed by atoms with Gasteiger partial charge in [0, 0.05) is 31.5 Å². The quantitative estimate of drug-likeness (QED) is 0.822. The molecule has 1 N–H and O–H groups in total. The average molecular weight is 387 g/mol. The van der Waals surface area contributed by atoms with Crippen molar-refractivity contribution < 1.29 is 9.59 Å². The smallest absolute Gasteiger partial charge is 0.275 e. The van der Waals surface area contributed by atoms with Crippen LogP contribution in [0.3, 0.4) is 0 Å². The van der Waals surface area contributed by atoms with Gasteiger partial charge in [-0.15, -0.1) is 0 Å². The van der Waals surface area contributed by atoms with Crippen LogP contribution in [0, 0.1) is 13.8 Å². The van der Waals surface area contributed by atoms with E-state index in [9.17, 15) is 9.59 Å². The predicted molar refractivity (Wildman–Crippen MR) is 106 cm³/mol. The molecule has 1 fully saturated rings. The third kappa shape index (κ3) is 3.95. The number of amides is 2. The summed E-state index contributed by atoms with van der Waals surface area (Å²) in [5, 5.41) is 11.8. The van der Waals surface area contributed by atoms with Crippen molar-refractivity contribution in [3.8, 4) is 0 Å². The van der Waals surface area contributed by atoms with E-state index in [2.05, 4.69) is 15.5 Å². The van der Waals surface area contributed by atoms with E-state index in [-0.39, 0.29) is 11.8 Å². The van der Waals surface area contributed by atoms with Gasteiger partial charge in [-0.25, -0.2) is 0 Å². The zero-order valence-electron chi connectivity index (χ0n) is 17.2. The molecule has 8 nitrogen and oxygen atoms in total. The first-order valence-electron chi connectivity index (χ1n) is 10.00. The van der Waals surface area contributed by atoms with Crippen LogP contribution in [0.5, 0.6) is 0 Å². The Morgan fingerprint density at radius 1 is 1.25 bits per heavy atom. The molecule has 1 aliphatic heterocycles. The second kappa shape index (κ2) is 8.16. The Morgan fingerprint density at radius 3 is 2.68 bits per heavy atom. The van der Waals surface area contributed by atoms with Crippen molar-refractivity contribution in [2.24, 2.45) is 0 Å². The fourth-order valence-electron chi connectivity index (χ4n) is 3.84. The molecule has 3 rings (SSSR count). The molecule has 0 unspecified atom stereocenters. The van der Waals surface area contributed by atoms with Gasteiger partial charge in [0.2, 0.25) is 5.91 Å². The summed E-state index contributed by atoms with van der Waals surface area (Å²) in [6, 6.07) is 3.74. The highest BCUT2D eigenvalue weighted by Crippen LogP contribution is 2.29. The summed E-state index contributed by atoms with van der Waals surface area (Å²) < 4.78 is 3.61. The first kappa shape index (κ1) is 20.1. The average Bonchev–Trinajstić information content (AvgIpc) is 3.27. The fraction of sp³-hybridized carbons (Fsp3) is 0.600. The molecule has 8 heteroatoms. The topological polar surface area (TPSA) is 85.0 Å². The van der Waals surface area contributed by atoms with Gasteiger partial charge >= 0.3 is 0 Å². The highest BCUT2D eigenvalue weighted by molar-refractivity contribution is 5.98. The molecule has 0 radical (unpaired) electrons. The first-order valence-corrected chi connectivity index (χ1v) is 10.00. The van der Waals surface area contributed by atoms with E-state index in [1.807, 2.05) is 38.4 Å². The van der Waals surface area contributed by atoms with Crippen molar-refractivity contribution in [1.29, 1.82) is 0 Å². The standard InChI is InChI=1S/C20H30N6O2/c1-5-24-12-8-17(23-24)18(27)25-11-7-6-9-20(25,4)19(28)21-10-13-26-16(3)14-15(2)22-26/h8,12,14H,5-7,9-11,13H2,1-4H3,(H,21,28)/t20-/m0/s1. The number of hydrogen-bond donors (Lipinski definition) is 1. The van der Waals surface area contributed by atoms with Crippen LogP contribution in [-0.2, 0) is 17.9 Å². The maximum atomic E-state index is 13.0. The number of aromatic nitrogens is 4. The van der Waals surface area contributed by atoms with E-state index in [1.165, 1.54) is 0 Å². The van der Waals surface area contributed by atoms with Crippen molar-refractivity contribution in [3.05, 3.63) is 35.4 Å². The number of hydrogen-bond acceptors (Lipinski definition) is 4. The lowest BCUT2D eigenvalue weighted by molar-refractivity contribution is -0.133. The highest BCUT2D eigenvalue weighted by atomic mass is 16.2. The lowest BCUT2D eigenvalue weighted by Crippen LogP contribution is -2.61. The van der Waals surface area contributed by atoms with Gasteiger partial charge in [-0.05, 0) is 59.1 Å². The van der Waals surface area contributed by atoms with Gasteiger partial charge in [-0.2, -0.15) is 10.2 Å². The van der Waals surface area contributed by atoms with E-state index >= 15 is 0 Å². The van der Waals surface area contributed by atoms with E-state index in [4.69, 9.17) is 0 Å². The molecule has 2 aromatic heterocycles. The lowest BCUT2D eigenvalue weighted by atomic mass is 9.87. The van der Waals surface area contributed by atoms with Gasteiger partial charge in [0.15, 0.2) is 0 Å².